The van der Waals surface area contributed by atoms with Crippen molar-refractivity contribution in [3.8, 4) is 22.6 Å². The molecule has 0 bridgehead atoms. The van der Waals surface area contributed by atoms with E-state index in [-0.39, 0.29) is 0 Å². The van der Waals surface area contributed by atoms with E-state index in [1.165, 1.54) is 12.8 Å². The molecule has 5 rings (SSSR count). The Labute approximate surface area is 144 Å². The van der Waals surface area contributed by atoms with E-state index in [4.69, 9.17) is 9.97 Å². The Morgan fingerprint density at radius 3 is 2.68 bits per heavy atom. The summed E-state index contributed by atoms with van der Waals surface area (Å²) >= 11 is 0. The molecule has 6 heteroatoms. The summed E-state index contributed by atoms with van der Waals surface area (Å²) in [6.45, 7) is 2.00. The molecule has 1 fully saturated rings. The monoisotopic (exact) mass is 330 g/mol. The maximum Gasteiger partial charge on any atom is 0.122 e. The summed E-state index contributed by atoms with van der Waals surface area (Å²) in [7, 11) is 1.84. The zero-order chi connectivity index (χ0) is 17.0. The normalized spacial score (nSPS) is 14.3. The number of aromatic nitrogens is 6. The van der Waals surface area contributed by atoms with E-state index in [1.807, 2.05) is 44.3 Å². The van der Waals surface area contributed by atoms with Crippen LogP contribution in [0.4, 0.5) is 0 Å². The second-order valence-electron chi connectivity index (χ2n) is 6.65. The Morgan fingerprint density at radius 1 is 1.04 bits per heavy atom. The third-order valence-corrected chi connectivity index (χ3v) is 4.60. The summed E-state index contributed by atoms with van der Waals surface area (Å²) in [5, 5.41) is 8.96. The number of aryl methyl sites for hydroxylation is 2. The minimum Gasteiger partial charge on any atom is -0.340 e. The molecule has 6 nitrogen and oxygen atoms in total. The van der Waals surface area contributed by atoms with Gasteiger partial charge in [-0.05, 0) is 38.0 Å². The van der Waals surface area contributed by atoms with Gasteiger partial charge in [-0.1, -0.05) is 18.2 Å². The van der Waals surface area contributed by atoms with Gasteiger partial charge in [0.15, 0.2) is 0 Å². The van der Waals surface area contributed by atoms with Gasteiger partial charge in [0.2, 0.25) is 0 Å². The highest BCUT2D eigenvalue weighted by molar-refractivity contribution is 5.94. The van der Waals surface area contributed by atoms with Gasteiger partial charge in [0.1, 0.15) is 22.6 Å². The number of fused-ring (bicyclic) bond motifs is 1. The molecule has 0 atom stereocenters. The molecule has 1 aliphatic carbocycles. The molecule has 1 aromatic carbocycles. The van der Waals surface area contributed by atoms with Gasteiger partial charge >= 0.3 is 0 Å². The van der Waals surface area contributed by atoms with Crippen molar-refractivity contribution in [3.63, 3.8) is 0 Å². The van der Waals surface area contributed by atoms with Gasteiger partial charge in [-0.25, -0.2) is 4.98 Å². The van der Waals surface area contributed by atoms with E-state index in [9.17, 15) is 0 Å². The fraction of sp³-hybridized carbons (Fsp3) is 0.263. The predicted molar refractivity (Wildman–Crippen MR) is 96.0 cm³/mol. The highest BCUT2D eigenvalue weighted by Gasteiger charge is 2.29. The highest BCUT2D eigenvalue weighted by atomic mass is 15.4. The van der Waals surface area contributed by atoms with Crippen molar-refractivity contribution in [1.29, 1.82) is 0 Å². The third-order valence-electron chi connectivity index (χ3n) is 4.60. The van der Waals surface area contributed by atoms with Crippen LogP contribution in [0.15, 0.2) is 36.4 Å². The summed E-state index contributed by atoms with van der Waals surface area (Å²) in [6.07, 6.45) is 2.39. The summed E-state index contributed by atoms with van der Waals surface area (Å²) in [5.41, 5.74) is 6.51. The molecule has 0 unspecified atom stereocenters. The molecule has 0 saturated heterocycles. The molecule has 4 aromatic rings. The van der Waals surface area contributed by atoms with Gasteiger partial charge in [-0.15, -0.1) is 0 Å². The number of nitrogens with zero attached hydrogens (tertiary/aromatic N) is 5. The quantitative estimate of drug-likeness (QED) is 0.623. The number of pyridine rings is 1. The molecular formula is C19H18N6. The molecule has 0 aliphatic heterocycles. The van der Waals surface area contributed by atoms with Crippen LogP contribution in [0.1, 0.15) is 30.3 Å². The highest BCUT2D eigenvalue weighted by Crippen LogP contribution is 2.42. The van der Waals surface area contributed by atoms with Crippen molar-refractivity contribution in [2.24, 2.45) is 7.05 Å². The molecule has 3 aromatic heterocycles. The Balaban J connectivity index is 1.77. The number of aromatic amines is 1. The third kappa shape index (κ3) is 2.41. The van der Waals surface area contributed by atoms with E-state index < -0.39 is 0 Å². The summed E-state index contributed by atoms with van der Waals surface area (Å²) in [4.78, 5) is 14.8. The van der Waals surface area contributed by atoms with Gasteiger partial charge < -0.3 is 4.98 Å². The molecule has 0 radical (unpaired) electrons. The zero-order valence-corrected chi connectivity index (χ0v) is 14.2. The Morgan fingerprint density at radius 2 is 1.88 bits per heavy atom. The average molecular weight is 330 g/mol. The first-order valence-corrected chi connectivity index (χ1v) is 8.53. The lowest BCUT2D eigenvalue weighted by molar-refractivity contribution is 0.665. The number of imidazole rings is 1. The van der Waals surface area contributed by atoms with Crippen LogP contribution in [0.2, 0.25) is 0 Å². The average Bonchev–Trinajstić information content (AvgIpc) is 3.23. The smallest absolute Gasteiger partial charge is 0.122 e. The van der Waals surface area contributed by atoms with E-state index >= 15 is 0 Å². The van der Waals surface area contributed by atoms with Crippen LogP contribution in [-0.4, -0.2) is 29.9 Å². The molecular weight excluding hydrogens is 312 g/mol. The molecule has 1 N–H and O–H groups in total. The standard InChI is InChI=1S/C19H18N6/c1-11-5-3-7-14(20-11)18-17(21-19(22-18)12-9-10-12)13-6-4-8-15-16(13)24-25(2)23-15/h3-8,12H,9-10H2,1-2H3,(H,21,22). The van der Waals surface area contributed by atoms with Crippen LogP contribution >= 0.6 is 0 Å². The maximum absolute atomic E-state index is 4.94. The number of nitrogens with one attached hydrogen (secondary N) is 1. The molecule has 0 spiro atoms. The number of benzene rings is 1. The lowest BCUT2D eigenvalue weighted by Crippen LogP contribution is -1.92. The van der Waals surface area contributed by atoms with Gasteiger partial charge in [0.05, 0.1) is 11.4 Å². The lowest BCUT2D eigenvalue weighted by atomic mass is 10.1. The first kappa shape index (κ1) is 14.3. The van der Waals surface area contributed by atoms with E-state index in [1.54, 1.807) is 4.80 Å². The minimum absolute atomic E-state index is 0.540. The first-order valence-electron chi connectivity index (χ1n) is 8.53. The van der Waals surface area contributed by atoms with Crippen molar-refractivity contribution >= 4 is 11.0 Å². The maximum atomic E-state index is 4.94. The minimum atomic E-state index is 0.540. The molecule has 0 amide bonds. The van der Waals surface area contributed by atoms with E-state index in [0.29, 0.717) is 5.92 Å². The van der Waals surface area contributed by atoms with Crippen molar-refractivity contribution in [2.75, 3.05) is 0 Å². The fourth-order valence-electron chi connectivity index (χ4n) is 3.24. The van der Waals surface area contributed by atoms with Crippen molar-refractivity contribution < 1.29 is 0 Å². The van der Waals surface area contributed by atoms with Crippen molar-refractivity contribution in [1.82, 2.24) is 29.9 Å². The van der Waals surface area contributed by atoms with Crippen LogP contribution in [0.25, 0.3) is 33.7 Å². The number of H-pyrrole nitrogens is 1. The number of hydrogen-bond acceptors (Lipinski definition) is 4. The van der Waals surface area contributed by atoms with Gasteiger partial charge in [0.25, 0.3) is 0 Å². The zero-order valence-electron chi connectivity index (χ0n) is 14.2. The molecule has 1 saturated carbocycles. The van der Waals surface area contributed by atoms with Crippen LogP contribution in [0.5, 0.6) is 0 Å². The van der Waals surface area contributed by atoms with Crippen molar-refractivity contribution in [2.45, 2.75) is 25.7 Å². The summed E-state index contributed by atoms with van der Waals surface area (Å²) in [5.74, 6) is 1.59. The second kappa shape index (κ2) is 5.24. The number of hydrogen-bond donors (Lipinski definition) is 1. The Hall–Kier alpha value is -3.02. The fourth-order valence-corrected chi connectivity index (χ4v) is 3.24. The van der Waals surface area contributed by atoms with Crippen LogP contribution in [0.3, 0.4) is 0 Å². The SMILES string of the molecule is Cc1cccc(-c2[nH]c(C3CC3)nc2-c2cccc3nn(C)nc23)n1. The molecule has 1 aliphatic rings. The lowest BCUT2D eigenvalue weighted by Gasteiger charge is -2.04. The largest absolute Gasteiger partial charge is 0.340 e. The van der Waals surface area contributed by atoms with E-state index in [0.717, 1.165) is 45.2 Å². The summed E-state index contributed by atoms with van der Waals surface area (Å²) in [6, 6.07) is 12.1. The van der Waals surface area contributed by atoms with Crippen molar-refractivity contribution in [3.05, 3.63) is 47.9 Å². The van der Waals surface area contributed by atoms with Gasteiger partial charge in [-0.3, -0.25) is 4.98 Å². The second-order valence-corrected chi connectivity index (χ2v) is 6.65. The molecule has 3 heterocycles. The topological polar surface area (TPSA) is 72.3 Å². The predicted octanol–water partition coefficient (Wildman–Crippen LogP) is 3.61. The van der Waals surface area contributed by atoms with Crippen LogP contribution in [0, 0.1) is 6.92 Å². The number of rotatable bonds is 3. The first-order chi connectivity index (χ1) is 12.2. The Kier molecular flexibility index (Phi) is 3.00. The van der Waals surface area contributed by atoms with Gasteiger partial charge in [-0.2, -0.15) is 15.0 Å². The van der Waals surface area contributed by atoms with E-state index in [2.05, 4.69) is 21.2 Å². The molecule has 124 valence electrons. The van der Waals surface area contributed by atoms with Crippen LogP contribution < -0.4 is 0 Å². The Bertz CT molecular complexity index is 1090. The summed E-state index contributed by atoms with van der Waals surface area (Å²) < 4.78 is 0. The van der Waals surface area contributed by atoms with Crippen LogP contribution in [-0.2, 0) is 7.05 Å². The van der Waals surface area contributed by atoms with Gasteiger partial charge in [0, 0.05) is 24.2 Å². The molecule has 25 heavy (non-hydrogen) atoms.